The highest BCUT2D eigenvalue weighted by molar-refractivity contribution is 5.77. The molecule has 0 unspecified atom stereocenters. The molecule has 0 aromatic carbocycles. The molecule has 1 saturated heterocycles. The Morgan fingerprint density at radius 2 is 2.00 bits per heavy atom. The van der Waals surface area contributed by atoms with Gasteiger partial charge >= 0.3 is 12.9 Å². The first-order valence-corrected chi connectivity index (χ1v) is 3.49. The van der Waals surface area contributed by atoms with E-state index in [9.17, 15) is 4.79 Å². The molecule has 0 radical (unpaired) electrons. The molecule has 0 aromatic rings. The lowest BCUT2D eigenvalue weighted by Crippen LogP contribution is -2.17. The zero-order valence-electron chi connectivity index (χ0n) is 6.86. The molecule has 0 N–H and O–H groups in total. The van der Waals surface area contributed by atoms with E-state index in [4.69, 9.17) is 9.59 Å². The Kier molecular flexibility index (Phi) is 5.60. The summed E-state index contributed by atoms with van der Waals surface area (Å²) in [6, 6.07) is 0. The van der Waals surface area contributed by atoms with E-state index in [0.717, 1.165) is 19.4 Å². The van der Waals surface area contributed by atoms with Gasteiger partial charge in [0.15, 0.2) is 0 Å². The Bertz CT molecular complexity index is 163. The van der Waals surface area contributed by atoms with Crippen LogP contribution in [0.15, 0.2) is 0 Å². The predicted molar refractivity (Wildman–Crippen MR) is 40.1 cm³/mol. The normalized spacial score (nSPS) is 14.8. The Morgan fingerprint density at radius 3 is 2.08 bits per heavy atom. The van der Waals surface area contributed by atoms with Crippen molar-refractivity contribution in [3.05, 3.63) is 0 Å². The fourth-order valence-corrected chi connectivity index (χ4v) is 0.806. The zero-order chi connectivity index (χ0) is 9.40. The number of ether oxygens (including phenoxy) is 1. The molecule has 1 fully saturated rings. The lowest BCUT2D eigenvalue weighted by molar-refractivity contribution is -0.141. The summed E-state index contributed by atoms with van der Waals surface area (Å²) in [5.74, 6) is 0.292. The van der Waals surface area contributed by atoms with Crippen molar-refractivity contribution in [2.75, 3.05) is 13.6 Å². The first-order valence-electron chi connectivity index (χ1n) is 3.49. The molecule has 0 spiro atoms. The first kappa shape index (κ1) is 10.6. The van der Waals surface area contributed by atoms with E-state index < -0.39 is 0 Å². The van der Waals surface area contributed by atoms with Crippen LogP contribution >= 0.6 is 0 Å². The van der Waals surface area contributed by atoms with E-state index in [2.05, 4.69) is 4.74 Å². The predicted octanol–water partition coefficient (Wildman–Crippen LogP) is -0.446. The van der Waals surface area contributed by atoms with Crippen molar-refractivity contribution in [2.24, 2.45) is 0 Å². The van der Waals surface area contributed by atoms with Crippen LogP contribution in [0.2, 0.25) is 0 Å². The summed E-state index contributed by atoms with van der Waals surface area (Å²) in [6.07, 6.45) is 1.81. The van der Waals surface area contributed by atoms with Gasteiger partial charge in [0.1, 0.15) is 0 Å². The summed E-state index contributed by atoms with van der Waals surface area (Å²) in [6.45, 7) is 1.08. The van der Waals surface area contributed by atoms with E-state index in [1.807, 2.05) is 7.05 Å². The number of rotatable bonds is 2. The molecule has 0 aromatic heterocycles. The molecule has 1 aliphatic rings. The Hall–Kier alpha value is -1.39. The highest BCUT2D eigenvalue weighted by Gasteiger charge is 2.14. The molecule has 1 aliphatic heterocycles. The van der Waals surface area contributed by atoms with Crippen molar-refractivity contribution < 1.29 is 19.1 Å². The fourth-order valence-electron chi connectivity index (χ4n) is 0.806. The van der Waals surface area contributed by atoms with Gasteiger partial charge in [0.2, 0.25) is 5.91 Å². The number of nitrogens with zero attached hydrogens (tertiary/aromatic N) is 1. The molecule has 12 heavy (non-hydrogen) atoms. The SMILES string of the molecule is CN1CCCC1=O.O=COC=O. The van der Waals surface area contributed by atoms with Gasteiger partial charge in [0.05, 0.1) is 0 Å². The summed E-state index contributed by atoms with van der Waals surface area (Å²) in [7, 11) is 1.84. The average Bonchev–Trinajstić information content (AvgIpc) is 2.39. The van der Waals surface area contributed by atoms with Crippen molar-refractivity contribution in [3.63, 3.8) is 0 Å². The zero-order valence-corrected chi connectivity index (χ0v) is 6.86. The van der Waals surface area contributed by atoms with Crippen LogP contribution in [0, 0.1) is 0 Å². The minimum Gasteiger partial charge on any atom is -0.398 e. The van der Waals surface area contributed by atoms with Gasteiger partial charge in [-0.25, -0.2) is 0 Å². The summed E-state index contributed by atoms with van der Waals surface area (Å²) < 4.78 is 3.47. The molecule has 5 nitrogen and oxygen atoms in total. The first-order chi connectivity index (χ1) is 5.72. The van der Waals surface area contributed by atoms with Gasteiger partial charge in [-0.15, -0.1) is 0 Å². The smallest absolute Gasteiger partial charge is 0.300 e. The molecule has 0 atom stereocenters. The van der Waals surface area contributed by atoms with Crippen LogP contribution < -0.4 is 0 Å². The molecular formula is C7H11NO4. The summed E-state index contributed by atoms with van der Waals surface area (Å²) >= 11 is 0. The van der Waals surface area contributed by atoms with Crippen molar-refractivity contribution >= 4 is 18.9 Å². The van der Waals surface area contributed by atoms with Crippen molar-refractivity contribution in [3.8, 4) is 0 Å². The van der Waals surface area contributed by atoms with E-state index in [1.54, 1.807) is 4.90 Å². The van der Waals surface area contributed by atoms with Gasteiger partial charge in [-0.05, 0) is 6.42 Å². The highest BCUT2D eigenvalue weighted by atomic mass is 16.6. The maximum atomic E-state index is 10.5. The van der Waals surface area contributed by atoms with E-state index in [1.165, 1.54) is 0 Å². The van der Waals surface area contributed by atoms with E-state index in [-0.39, 0.29) is 12.9 Å². The maximum absolute atomic E-state index is 10.5. The average molecular weight is 173 g/mol. The topological polar surface area (TPSA) is 63.7 Å². The minimum atomic E-state index is 0.0625. The molecule has 0 aliphatic carbocycles. The van der Waals surface area contributed by atoms with E-state index in [0.29, 0.717) is 5.91 Å². The molecule has 1 heterocycles. The lowest BCUT2D eigenvalue weighted by atomic mass is 10.4. The van der Waals surface area contributed by atoms with Crippen molar-refractivity contribution in [1.82, 2.24) is 4.90 Å². The fraction of sp³-hybridized carbons (Fsp3) is 0.571. The highest BCUT2D eigenvalue weighted by Crippen LogP contribution is 2.04. The van der Waals surface area contributed by atoms with Crippen molar-refractivity contribution in [2.45, 2.75) is 12.8 Å². The monoisotopic (exact) mass is 173 g/mol. The maximum Gasteiger partial charge on any atom is 0.300 e. The Morgan fingerprint density at radius 1 is 1.42 bits per heavy atom. The second kappa shape index (κ2) is 6.33. The van der Waals surface area contributed by atoms with Gasteiger partial charge in [0, 0.05) is 20.0 Å². The van der Waals surface area contributed by atoms with Crippen LogP contribution in [0.3, 0.4) is 0 Å². The van der Waals surface area contributed by atoms with Crippen LogP contribution in [0.1, 0.15) is 12.8 Å². The standard InChI is InChI=1S/C5H9NO.C2H2O3/c1-6-4-2-3-5(6)7;3-1-5-2-4/h2-4H2,1H3;1-2H. The number of hydrogen-bond donors (Lipinski definition) is 0. The van der Waals surface area contributed by atoms with Crippen LogP contribution in [0.5, 0.6) is 0 Å². The van der Waals surface area contributed by atoms with Crippen LogP contribution in [-0.2, 0) is 19.1 Å². The van der Waals surface area contributed by atoms with E-state index >= 15 is 0 Å². The molecule has 0 saturated carbocycles. The second-order valence-corrected chi connectivity index (χ2v) is 2.25. The molecule has 1 amide bonds. The molecule has 0 bridgehead atoms. The Balaban J connectivity index is 0.000000217. The van der Waals surface area contributed by atoms with Gasteiger partial charge in [-0.2, -0.15) is 0 Å². The van der Waals surface area contributed by atoms with Gasteiger partial charge < -0.3 is 9.64 Å². The van der Waals surface area contributed by atoms with Crippen LogP contribution in [0.25, 0.3) is 0 Å². The summed E-state index contributed by atoms with van der Waals surface area (Å²) in [5, 5.41) is 0. The largest absolute Gasteiger partial charge is 0.398 e. The third-order valence-corrected chi connectivity index (χ3v) is 1.42. The second-order valence-electron chi connectivity index (χ2n) is 2.25. The number of amides is 1. The van der Waals surface area contributed by atoms with Crippen LogP contribution in [0.4, 0.5) is 0 Å². The minimum absolute atomic E-state index is 0.0625. The number of likely N-dealkylation sites (tertiary alicyclic amines) is 1. The summed E-state index contributed by atoms with van der Waals surface area (Å²) in [5.41, 5.74) is 0. The van der Waals surface area contributed by atoms with Gasteiger partial charge in [-0.3, -0.25) is 14.4 Å². The van der Waals surface area contributed by atoms with Crippen molar-refractivity contribution in [1.29, 1.82) is 0 Å². The van der Waals surface area contributed by atoms with Gasteiger partial charge in [0.25, 0.3) is 0 Å². The van der Waals surface area contributed by atoms with Gasteiger partial charge in [-0.1, -0.05) is 0 Å². The number of carbonyl (C=O) groups is 3. The molecule has 1 rings (SSSR count). The quantitative estimate of drug-likeness (QED) is 0.419. The lowest BCUT2D eigenvalue weighted by Gasteiger charge is -2.03. The number of hydrogen-bond acceptors (Lipinski definition) is 4. The third-order valence-electron chi connectivity index (χ3n) is 1.42. The Labute approximate surface area is 70.3 Å². The third kappa shape index (κ3) is 4.43. The van der Waals surface area contributed by atoms with Crippen LogP contribution in [-0.4, -0.2) is 37.3 Å². The summed E-state index contributed by atoms with van der Waals surface area (Å²) in [4.78, 5) is 30.2. The molecule has 68 valence electrons. The molecular weight excluding hydrogens is 162 g/mol. The molecule has 5 heteroatoms. The number of carbonyl (C=O) groups excluding carboxylic acids is 3.